The van der Waals surface area contributed by atoms with Crippen molar-refractivity contribution in [2.75, 3.05) is 0 Å². The smallest absolute Gasteiger partial charge is 0.240 e. The standard InChI is InChI=1S/C17H19N3O3S/c1-12-6-7-15(9-13(12)2)24(21,22)18-11-14-10-16(20(3)19-14)17-5-4-8-23-17/h4-10,18H,11H2,1-3H3. The van der Waals surface area contributed by atoms with Gasteiger partial charge >= 0.3 is 0 Å². The van der Waals surface area contributed by atoms with Crippen LogP contribution in [0.1, 0.15) is 16.8 Å². The summed E-state index contributed by atoms with van der Waals surface area (Å²) in [7, 11) is -1.79. The zero-order valence-corrected chi connectivity index (χ0v) is 14.6. The van der Waals surface area contributed by atoms with Crippen LogP contribution in [-0.2, 0) is 23.6 Å². The second kappa shape index (κ2) is 6.26. The van der Waals surface area contributed by atoms with Crippen molar-refractivity contribution in [3.8, 4) is 11.5 Å². The van der Waals surface area contributed by atoms with E-state index in [9.17, 15) is 8.42 Å². The first-order valence-corrected chi connectivity index (χ1v) is 8.99. The maximum atomic E-state index is 12.4. The number of sulfonamides is 1. The summed E-state index contributed by atoms with van der Waals surface area (Å²) in [5.74, 6) is 0.688. The molecule has 0 amide bonds. The number of aromatic nitrogens is 2. The van der Waals surface area contributed by atoms with E-state index in [0.29, 0.717) is 11.5 Å². The quantitative estimate of drug-likeness (QED) is 0.771. The van der Waals surface area contributed by atoms with Gasteiger partial charge in [-0.25, -0.2) is 13.1 Å². The van der Waals surface area contributed by atoms with Crippen LogP contribution < -0.4 is 4.72 Å². The molecule has 0 aliphatic carbocycles. The zero-order chi connectivity index (χ0) is 17.3. The summed E-state index contributed by atoms with van der Waals surface area (Å²) >= 11 is 0. The van der Waals surface area contributed by atoms with E-state index in [-0.39, 0.29) is 11.4 Å². The normalized spacial score (nSPS) is 11.8. The van der Waals surface area contributed by atoms with Gasteiger partial charge in [0.05, 0.1) is 23.4 Å². The minimum absolute atomic E-state index is 0.115. The van der Waals surface area contributed by atoms with Gasteiger partial charge in [-0.3, -0.25) is 4.68 Å². The number of aryl methyl sites for hydroxylation is 3. The predicted octanol–water partition coefficient (Wildman–Crippen LogP) is 2.78. The first-order chi connectivity index (χ1) is 11.4. The maximum absolute atomic E-state index is 12.4. The molecule has 0 saturated heterocycles. The van der Waals surface area contributed by atoms with Crippen molar-refractivity contribution < 1.29 is 12.8 Å². The second-order valence-corrected chi connectivity index (χ2v) is 7.46. The Morgan fingerprint density at radius 2 is 1.96 bits per heavy atom. The Morgan fingerprint density at radius 3 is 2.62 bits per heavy atom. The lowest BCUT2D eigenvalue weighted by Gasteiger charge is -2.07. The Balaban J connectivity index is 1.78. The van der Waals surface area contributed by atoms with Crippen LogP contribution in [0.2, 0.25) is 0 Å². The molecule has 7 heteroatoms. The zero-order valence-electron chi connectivity index (χ0n) is 13.8. The van der Waals surface area contributed by atoms with Crippen molar-refractivity contribution >= 4 is 10.0 Å². The molecule has 0 radical (unpaired) electrons. The fourth-order valence-corrected chi connectivity index (χ4v) is 3.48. The van der Waals surface area contributed by atoms with Gasteiger partial charge in [0.25, 0.3) is 0 Å². The van der Waals surface area contributed by atoms with Gasteiger partial charge in [-0.05, 0) is 55.3 Å². The molecule has 24 heavy (non-hydrogen) atoms. The number of hydrogen-bond acceptors (Lipinski definition) is 4. The molecule has 0 bridgehead atoms. The van der Waals surface area contributed by atoms with Crippen LogP contribution in [0.15, 0.2) is 52.0 Å². The van der Waals surface area contributed by atoms with Crippen molar-refractivity contribution in [3.63, 3.8) is 0 Å². The Bertz CT molecular complexity index is 957. The number of furan rings is 1. The molecule has 0 spiro atoms. The lowest BCUT2D eigenvalue weighted by molar-refractivity contribution is 0.572. The molecule has 2 aromatic heterocycles. The second-order valence-electron chi connectivity index (χ2n) is 5.69. The first-order valence-electron chi connectivity index (χ1n) is 7.50. The summed E-state index contributed by atoms with van der Waals surface area (Å²) in [6.45, 7) is 3.95. The van der Waals surface area contributed by atoms with Gasteiger partial charge in [0, 0.05) is 7.05 Å². The van der Waals surface area contributed by atoms with E-state index >= 15 is 0 Å². The fourth-order valence-electron chi connectivity index (χ4n) is 2.40. The summed E-state index contributed by atoms with van der Waals surface area (Å²) in [4.78, 5) is 0.257. The van der Waals surface area contributed by atoms with Crippen molar-refractivity contribution in [3.05, 3.63) is 59.5 Å². The van der Waals surface area contributed by atoms with Crippen LogP contribution in [0.25, 0.3) is 11.5 Å². The van der Waals surface area contributed by atoms with Gasteiger partial charge in [-0.1, -0.05) is 6.07 Å². The highest BCUT2D eigenvalue weighted by atomic mass is 32.2. The van der Waals surface area contributed by atoms with Gasteiger partial charge in [-0.2, -0.15) is 5.10 Å². The Labute approximate surface area is 141 Å². The highest BCUT2D eigenvalue weighted by Crippen LogP contribution is 2.20. The molecule has 0 aliphatic rings. The third-order valence-electron chi connectivity index (χ3n) is 3.94. The molecule has 0 atom stereocenters. The maximum Gasteiger partial charge on any atom is 0.240 e. The molecule has 0 saturated carbocycles. The van der Waals surface area contributed by atoms with Crippen LogP contribution in [0.4, 0.5) is 0 Å². The minimum Gasteiger partial charge on any atom is -0.463 e. The van der Waals surface area contributed by atoms with Crippen molar-refractivity contribution in [1.29, 1.82) is 0 Å². The summed E-state index contributed by atoms with van der Waals surface area (Å²) in [5.41, 5.74) is 3.41. The van der Waals surface area contributed by atoms with Crippen molar-refractivity contribution in [2.24, 2.45) is 7.05 Å². The molecular weight excluding hydrogens is 326 g/mol. The van der Waals surface area contributed by atoms with Crippen molar-refractivity contribution in [1.82, 2.24) is 14.5 Å². The lowest BCUT2D eigenvalue weighted by atomic mass is 10.1. The summed E-state index contributed by atoms with van der Waals surface area (Å²) < 4.78 is 34.5. The van der Waals surface area contributed by atoms with E-state index in [1.54, 1.807) is 42.3 Å². The molecule has 6 nitrogen and oxygen atoms in total. The third-order valence-corrected chi connectivity index (χ3v) is 5.33. The van der Waals surface area contributed by atoms with E-state index in [1.165, 1.54) is 0 Å². The van der Waals surface area contributed by atoms with E-state index in [0.717, 1.165) is 16.8 Å². The first kappa shape index (κ1) is 16.5. The molecule has 1 N–H and O–H groups in total. The number of nitrogens with one attached hydrogen (secondary N) is 1. The summed E-state index contributed by atoms with van der Waals surface area (Å²) in [5, 5.41) is 4.32. The number of hydrogen-bond donors (Lipinski definition) is 1. The monoisotopic (exact) mass is 345 g/mol. The van der Waals surface area contributed by atoms with E-state index in [1.807, 2.05) is 26.0 Å². The summed E-state index contributed by atoms with van der Waals surface area (Å²) in [6.07, 6.45) is 1.59. The van der Waals surface area contributed by atoms with Gasteiger partial charge < -0.3 is 4.42 Å². The van der Waals surface area contributed by atoms with Gasteiger partial charge in [0.1, 0.15) is 5.69 Å². The minimum atomic E-state index is -3.58. The highest BCUT2D eigenvalue weighted by Gasteiger charge is 2.16. The average molecular weight is 345 g/mol. The molecule has 0 fully saturated rings. The van der Waals surface area contributed by atoms with Crippen LogP contribution in [0.5, 0.6) is 0 Å². The van der Waals surface area contributed by atoms with Crippen LogP contribution >= 0.6 is 0 Å². The Kier molecular flexibility index (Phi) is 4.29. The lowest BCUT2D eigenvalue weighted by Crippen LogP contribution is -2.23. The third kappa shape index (κ3) is 3.27. The molecule has 3 rings (SSSR count). The molecule has 3 aromatic rings. The Hall–Kier alpha value is -2.38. The van der Waals surface area contributed by atoms with E-state index in [4.69, 9.17) is 4.42 Å². The van der Waals surface area contributed by atoms with Crippen LogP contribution in [0, 0.1) is 13.8 Å². The summed E-state index contributed by atoms with van der Waals surface area (Å²) in [6, 6.07) is 10.5. The number of rotatable bonds is 5. The molecule has 1 aromatic carbocycles. The van der Waals surface area contributed by atoms with Gasteiger partial charge in [-0.15, -0.1) is 0 Å². The van der Waals surface area contributed by atoms with Crippen LogP contribution in [0.3, 0.4) is 0 Å². The van der Waals surface area contributed by atoms with Gasteiger partial charge in [0.2, 0.25) is 10.0 Å². The Morgan fingerprint density at radius 1 is 1.17 bits per heavy atom. The largest absolute Gasteiger partial charge is 0.463 e. The predicted molar refractivity (Wildman–Crippen MR) is 90.9 cm³/mol. The van der Waals surface area contributed by atoms with E-state index in [2.05, 4.69) is 9.82 Å². The fraction of sp³-hybridized carbons (Fsp3) is 0.235. The number of nitrogens with zero attached hydrogens (tertiary/aromatic N) is 2. The van der Waals surface area contributed by atoms with E-state index < -0.39 is 10.0 Å². The average Bonchev–Trinajstić information content (AvgIpc) is 3.17. The molecule has 2 heterocycles. The SMILES string of the molecule is Cc1ccc(S(=O)(=O)NCc2cc(-c3ccco3)n(C)n2)cc1C. The number of benzene rings is 1. The molecule has 0 unspecified atom stereocenters. The van der Waals surface area contributed by atoms with Gasteiger partial charge in [0.15, 0.2) is 5.76 Å². The molecule has 0 aliphatic heterocycles. The topological polar surface area (TPSA) is 77.1 Å². The molecular formula is C17H19N3O3S. The molecule has 126 valence electrons. The van der Waals surface area contributed by atoms with Crippen LogP contribution in [-0.4, -0.2) is 18.2 Å². The van der Waals surface area contributed by atoms with Crippen molar-refractivity contribution in [2.45, 2.75) is 25.3 Å². The highest BCUT2D eigenvalue weighted by molar-refractivity contribution is 7.89.